The molecule has 1 aliphatic heterocycles. The number of hydrogen-bond donors (Lipinski definition) is 1. The maximum Gasteiger partial charge on any atom is 0.0954 e. The van der Waals surface area contributed by atoms with Gasteiger partial charge in [0.25, 0.3) is 0 Å². The Labute approximate surface area is 121 Å². The Bertz CT molecular complexity index is 369. The largest absolute Gasteiger partial charge is 0.315 e. The summed E-state index contributed by atoms with van der Waals surface area (Å²) in [6.07, 6.45) is 3.85. The molecule has 1 saturated heterocycles. The zero-order chi connectivity index (χ0) is 13.7. The number of nitrogens with one attached hydrogen (secondary N) is 1. The molecule has 0 radical (unpaired) electrons. The molecule has 1 unspecified atom stereocenters. The number of thiazole rings is 1. The van der Waals surface area contributed by atoms with Crippen LogP contribution in [-0.4, -0.2) is 35.6 Å². The van der Waals surface area contributed by atoms with Crippen LogP contribution in [0.3, 0.4) is 0 Å². The molecule has 1 N–H and O–H groups in total. The Hall–Kier alpha value is -0.450. The second kappa shape index (κ2) is 7.36. The Morgan fingerprint density at radius 3 is 2.95 bits per heavy atom. The van der Waals surface area contributed by atoms with E-state index in [2.05, 4.69) is 36.4 Å². The van der Waals surface area contributed by atoms with Crippen molar-refractivity contribution < 1.29 is 0 Å². The quantitative estimate of drug-likeness (QED) is 0.867. The fourth-order valence-corrected chi connectivity index (χ4v) is 3.52. The van der Waals surface area contributed by atoms with E-state index in [9.17, 15) is 0 Å². The summed E-state index contributed by atoms with van der Waals surface area (Å²) < 4.78 is 0. The minimum absolute atomic E-state index is 0.551. The van der Waals surface area contributed by atoms with E-state index in [1.54, 1.807) is 0 Å². The lowest BCUT2D eigenvalue weighted by molar-refractivity contribution is 0.156. The van der Waals surface area contributed by atoms with Crippen molar-refractivity contribution in [1.29, 1.82) is 0 Å². The summed E-state index contributed by atoms with van der Waals surface area (Å²) in [6, 6.07) is 0.692. The molecule has 1 aromatic rings. The number of nitrogens with zero attached hydrogens (tertiary/aromatic N) is 2. The molecular weight excluding hydrogens is 254 g/mol. The van der Waals surface area contributed by atoms with Gasteiger partial charge >= 0.3 is 0 Å². The fourth-order valence-electron chi connectivity index (χ4n) is 2.69. The smallest absolute Gasteiger partial charge is 0.0954 e. The second-order valence-electron chi connectivity index (χ2n) is 5.80. The first-order chi connectivity index (χ1) is 9.20. The highest BCUT2D eigenvalue weighted by molar-refractivity contribution is 7.09. The molecule has 0 aromatic carbocycles. The van der Waals surface area contributed by atoms with E-state index in [0.29, 0.717) is 12.0 Å². The first kappa shape index (κ1) is 14.9. The lowest BCUT2D eigenvalue weighted by Crippen LogP contribution is -2.45. The molecule has 0 aliphatic carbocycles. The van der Waals surface area contributed by atoms with Gasteiger partial charge in [0, 0.05) is 30.4 Å². The van der Waals surface area contributed by atoms with Crippen molar-refractivity contribution in [2.45, 2.75) is 58.5 Å². The summed E-state index contributed by atoms with van der Waals surface area (Å²) in [4.78, 5) is 7.40. The number of aromatic nitrogens is 1. The van der Waals surface area contributed by atoms with Crippen LogP contribution in [-0.2, 0) is 6.54 Å². The van der Waals surface area contributed by atoms with Crippen LogP contribution in [0.15, 0.2) is 5.38 Å². The number of hydrogen-bond acceptors (Lipinski definition) is 4. The van der Waals surface area contributed by atoms with Gasteiger partial charge < -0.3 is 5.32 Å². The first-order valence-electron chi connectivity index (χ1n) is 7.59. The molecule has 4 heteroatoms. The van der Waals surface area contributed by atoms with Gasteiger partial charge in [-0.3, -0.25) is 4.90 Å². The van der Waals surface area contributed by atoms with Gasteiger partial charge in [-0.25, -0.2) is 4.98 Å². The third-order valence-electron chi connectivity index (χ3n) is 3.73. The summed E-state index contributed by atoms with van der Waals surface area (Å²) in [6.45, 7) is 11.2. The van der Waals surface area contributed by atoms with Crippen LogP contribution in [0, 0.1) is 0 Å². The zero-order valence-electron chi connectivity index (χ0n) is 12.5. The predicted molar refractivity (Wildman–Crippen MR) is 82.8 cm³/mol. The van der Waals surface area contributed by atoms with Gasteiger partial charge in [-0.15, -0.1) is 11.3 Å². The summed E-state index contributed by atoms with van der Waals surface area (Å²) in [5.74, 6) is 0.551. The van der Waals surface area contributed by atoms with Crippen LogP contribution < -0.4 is 5.32 Å². The highest BCUT2D eigenvalue weighted by Crippen LogP contribution is 2.21. The zero-order valence-corrected chi connectivity index (χ0v) is 13.3. The maximum absolute atomic E-state index is 4.78. The topological polar surface area (TPSA) is 28.2 Å². The van der Waals surface area contributed by atoms with Crippen LogP contribution in [0.5, 0.6) is 0 Å². The molecule has 1 fully saturated rings. The van der Waals surface area contributed by atoms with Crippen molar-refractivity contribution in [2.24, 2.45) is 0 Å². The van der Waals surface area contributed by atoms with E-state index in [4.69, 9.17) is 4.98 Å². The Morgan fingerprint density at radius 1 is 1.53 bits per heavy atom. The fraction of sp³-hybridized carbons (Fsp3) is 0.800. The molecule has 2 heterocycles. The van der Waals surface area contributed by atoms with Gasteiger partial charge in [-0.1, -0.05) is 20.8 Å². The lowest BCUT2D eigenvalue weighted by atomic mass is 10.1. The molecule has 0 saturated carbocycles. The monoisotopic (exact) mass is 281 g/mol. The maximum atomic E-state index is 4.78. The summed E-state index contributed by atoms with van der Waals surface area (Å²) in [5, 5.41) is 7.04. The van der Waals surface area contributed by atoms with Crippen LogP contribution in [0.1, 0.15) is 56.7 Å². The highest BCUT2D eigenvalue weighted by atomic mass is 32.1. The molecule has 0 spiro atoms. The van der Waals surface area contributed by atoms with Crippen molar-refractivity contribution in [3.05, 3.63) is 16.1 Å². The summed E-state index contributed by atoms with van der Waals surface area (Å²) in [7, 11) is 0. The molecule has 1 aromatic heterocycles. The molecular formula is C15H27N3S. The second-order valence-corrected chi connectivity index (χ2v) is 6.69. The molecule has 0 amide bonds. The van der Waals surface area contributed by atoms with Crippen molar-refractivity contribution >= 4 is 11.3 Å². The van der Waals surface area contributed by atoms with E-state index >= 15 is 0 Å². The van der Waals surface area contributed by atoms with Gasteiger partial charge in [0.2, 0.25) is 0 Å². The Balaban J connectivity index is 1.98. The highest BCUT2D eigenvalue weighted by Gasteiger charge is 2.21. The van der Waals surface area contributed by atoms with Crippen molar-refractivity contribution in [2.75, 3.05) is 19.6 Å². The molecule has 19 heavy (non-hydrogen) atoms. The molecule has 3 nitrogen and oxygen atoms in total. The van der Waals surface area contributed by atoms with E-state index < -0.39 is 0 Å². The lowest BCUT2D eigenvalue weighted by Gasteiger charge is -2.34. The normalized spacial score (nSPS) is 20.4. The molecule has 0 bridgehead atoms. The van der Waals surface area contributed by atoms with E-state index in [1.165, 1.54) is 43.1 Å². The van der Waals surface area contributed by atoms with Gasteiger partial charge in [0.1, 0.15) is 0 Å². The average molecular weight is 281 g/mol. The van der Waals surface area contributed by atoms with Crippen molar-refractivity contribution in [3.63, 3.8) is 0 Å². The summed E-state index contributed by atoms with van der Waals surface area (Å²) >= 11 is 1.81. The van der Waals surface area contributed by atoms with Crippen LogP contribution >= 0.6 is 11.3 Å². The van der Waals surface area contributed by atoms with Crippen LogP contribution in [0.25, 0.3) is 0 Å². The molecule has 1 atom stereocenters. The van der Waals surface area contributed by atoms with E-state index in [1.807, 2.05) is 11.3 Å². The number of piperidine rings is 1. The summed E-state index contributed by atoms with van der Waals surface area (Å²) in [5.41, 5.74) is 1.26. The van der Waals surface area contributed by atoms with Gasteiger partial charge in [0.05, 0.1) is 10.7 Å². The molecule has 108 valence electrons. The van der Waals surface area contributed by atoms with E-state index in [0.717, 1.165) is 13.1 Å². The third kappa shape index (κ3) is 4.26. The Kier molecular flexibility index (Phi) is 5.79. The van der Waals surface area contributed by atoms with Gasteiger partial charge in [-0.2, -0.15) is 0 Å². The van der Waals surface area contributed by atoms with Crippen molar-refractivity contribution in [1.82, 2.24) is 15.2 Å². The SMILES string of the molecule is CCCN(Cc1csc(C(C)C)n1)C1CCCNC1. The molecule has 2 rings (SSSR count). The standard InChI is InChI=1S/C15H27N3S/c1-4-8-18(14-6-5-7-16-9-14)10-13-11-19-15(17-13)12(2)3/h11-12,14,16H,4-10H2,1-3H3. The predicted octanol–water partition coefficient (Wildman–Crippen LogP) is 3.23. The third-order valence-corrected chi connectivity index (χ3v) is 4.92. The molecule has 1 aliphatic rings. The van der Waals surface area contributed by atoms with Crippen LogP contribution in [0.4, 0.5) is 0 Å². The minimum Gasteiger partial charge on any atom is -0.315 e. The Morgan fingerprint density at radius 2 is 2.37 bits per heavy atom. The minimum atomic E-state index is 0.551. The van der Waals surface area contributed by atoms with Gasteiger partial charge in [-0.05, 0) is 32.4 Å². The average Bonchev–Trinajstić information content (AvgIpc) is 2.88. The van der Waals surface area contributed by atoms with E-state index in [-0.39, 0.29) is 0 Å². The first-order valence-corrected chi connectivity index (χ1v) is 8.47. The van der Waals surface area contributed by atoms with Crippen LogP contribution in [0.2, 0.25) is 0 Å². The van der Waals surface area contributed by atoms with Crippen molar-refractivity contribution in [3.8, 4) is 0 Å². The number of rotatable bonds is 6. The van der Waals surface area contributed by atoms with Gasteiger partial charge in [0.15, 0.2) is 0 Å².